The Morgan fingerprint density at radius 2 is 1.13 bits per heavy atom. The van der Waals surface area contributed by atoms with Gasteiger partial charge in [0.15, 0.2) is 11.4 Å². The van der Waals surface area contributed by atoms with E-state index in [9.17, 15) is 39.0 Å². The third kappa shape index (κ3) is 10.3. The molecule has 67 heavy (non-hydrogen) atoms. The maximum Gasteiger partial charge on any atom is 0.412 e. The van der Waals surface area contributed by atoms with Crippen LogP contribution in [0.4, 0.5) is 19.6 Å². The summed E-state index contributed by atoms with van der Waals surface area (Å²) in [6, 6.07) is 14.1. The molecule has 0 spiro atoms. The lowest BCUT2D eigenvalue weighted by Gasteiger charge is -2.19. The number of piperidine rings is 2. The van der Waals surface area contributed by atoms with Gasteiger partial charge < -0.3 is 40.0 Å². The van der Waals surface area contributed by atoms with Crippen molar-refractivity contribution in [3.63, 3.8) is 0 Å². The number of primary amides is 1. The van der Waals surface area contributed by atoms with Gasteiger partial charge in [-0.2, -0.15) is 0 Å². The quantitative estimate of drug-likeness (QED) is 0.0961. The van der Waals surface area contributed by atoms with E-state index < -0.39 is 46.5 Å². The van der Waals surface area contributed by atoms with E-state index in [1.165, 1.54) is 7.11 Å². The number of likely N-dealkylation sites (tertiary alicyclic amines) is 2. The summed E-state index contributed by atoms with van der Waals surface area (Å²) >= 11 is 2.16. The largest absolute Gasteiger partial charge is 0.464 e. The van der Waals surface area contributed by atoms with Crippen molar-refractivity contribution in [1.29, 1.82) is 0 Å². The van der Waals surface area contributed by atoms with Gasteiger partial charge in [-0.1, -0.05) is 70.6 Å². The van der Waals surface area contributed by atoms with E-state index in [-0.39, 0.29) is 57.1 Å². The molecule has 20 heteroatoms. The van der Waals surface area contributed by atoms with Crippen molar-refractivity contribution in [3.05, 3.63) is 71.0 Å². The molecule has 4 fully saturated rings. The number of rotatable bonds is 6. The van der Waals surface area contributed by atoms with E-state index in [0.717, 1.165) is 35.5 Å². The number of hydrogen-bond acceptors (Lipinski definition) is 15. The first kappa shape index (κ1) is 48.1. The zero-order valence-corrected chi connectivity index (χ0v) is 39.7. The molecule has 6 unspecified atom stereocenters. The highest BCUT2D eigenvalue weighted by Gasteiger charge is 2.67. The number of carbonyl (C=O) groups is 6. The number of hydrogen-bond donors (Lipinski definition) is 5. The minimum Gasteiger partial charge on any atom is -0.464 e. The predicted octanol–water partition coefficient (Wildman–Crippen LogP) is 5.09. The Kier molecular flexibility index (Phi) is 12.7. The SMILES string of the molecule is CN1C(=O)C(O)(C#Cc2cccc(-c3nc(C(N)=O)c(NC(=O)OC(C)(C)C)s3)c2)C2CC21.COC(=O)c1nc(-c2cccc(C#CC3(O)C(=O)N(C)C4CC43)c2)sc1NC(=O)OC(C)(C)C. The highest BCUT2D eigenvalue weighted by Crippen LogP contribution is 2.51. The van der Waals surface area contributed by atoms with Gasteiger partial charge in [0.2, 0.25) is 11.2 Å². The van der Waals surface area contributed by atoms with Crippen molar-refractivity contribution >= 4 is 68.6 Å². The first-order chi connectivity index (χ1) is 31.3. The molecule has 18 nitrogen and oxygen atoms in total. The molecule has 0 bridgehead atoms. The van der Waals surface area contributed by atoms with Crippen molar-refractivity contribution in [2.24, 2.45) is 17.6 Å². The van der Waals surface area contributed by atoms with Crippen molar-refractivity contribution in [2.45, 2.75) is 88.9 Å². The van der Waals surface area contributed by atoms with Crippen LogP contribution in [0.3, 0.4) is 0 Å². The Bertz CT molecular complexity index is 2840. The number of nitrogens with one attached hydrogen (secondary N) is 2. The molecular formula is C47H49N7O11S2. The lowest BCUT2D eigenvalue weighted by Crippen LogP contribution is -2.41. The van der Waals surface area contributed by atoms with Gasteiger partial charge in [-0.15, -0.1) is 0 Å². The molecule has 2 saturated heterocycles. The Morgan fingerprint density at radius 3 is 1.49 bits per heavy atom. The van der Waals surface area contributed by atoms with Gasteiger partial charge in [-0.3, -0.25) is 25.0 Å². The summed E-state index contributed by atoms with van der Waals surface area (Å²) in [5.74, 6) is 8.76. The van der Waals surface area contributed by atoms with Crippen molar-refractivity contribution in [2.75, 3.05) is 31.8 Å². The fourth-order valence-corrected chi connectivity index (χ4v) is 9.50. The summed E-state index contributed by atoms with van der Waals surface area (Å²) in [6.45, 7) is 10.4. The second-order valence-corrected chi connectivity index (χ2v) is 20.3. The first-order valence-electron chi connectivity index (χ1n) is 21.0. The van der Waals surface area contributed by atoms with Gasteiger partial charge >= 0.3 is 18.2 Å². The number of carbonyl (C=O) groups excluding carboxylic acids is 6. The molecule has 6 atom stereocenters. The number of fused-ring (bicyclic) bond motifs is 2. The Morgan fingerprint density at radius 1 is 0.731 bits per heavy atom. The summed E-state index contributed by atoms with van der Waals surface area (Å²) < 4.78 is 15.3. The molecule has 6 N–H and O–H groups in total. The fraction of sp³-hybridized carbons (Fsp3) is 0.404. The van der Waals surface area contributed by atoms with Crippen LogP contribution in [0, 0.1) is 35.5 Å². The lowest BCUT2D eigenvalue weighted by atomic mass is 9.99. The van der Waals surface area contributed by atoms with E-state index in [1.54, 1.807) is 114 Å². The van der Waals surface area contributed by atoms with Crippen LogP contribution in [0.5, 0.6) is 0 Å². The van der Waals surface area contributed by atoms with Crippen LogP contribution >= 0.6 is 22.7 Å². The number of anilines is 2. The van der Waals surface area contributed by atoms with Crippen molar-refractivity contribution < 1.29 is 53.2 Å². The van der Waals surface area contributed by atoms with Gasteiger partial charge in [0.25, 0.3) is 17.7 Å². The summed E-state index contributed by atoms with van der Waals surface area (Å²) in [5, 5.41) is 27.9. The molecule has 2 saturated carbocycles. The number of nitrogens with zero attached hydrogens (tertiary/aromatic N) is 4. The van der Waals surface area contributed by atoms with Crippen LogP contribution in [-0.2, 0) is 23.8 Å². The summed E-state index contributed by atoms with van der Waals surface area (Å²) in [5.41, 5.74) is 2.98. The molecular weight excluding hydrogens is 903 g/mol. The lowest BCUT2D eigenvalue weighted by molar-refractivity contribution is -0.141. The van der Waals surface area contributed by atoms with Gasteiger partial charge in [0.05, 0.1) is 7.11 Å². The number of thiazole rings is 2. The van der Waals surface area contributed by atoms with Crippen LogP contribution in [0.25, 0.3) is 21.1 Å². The Balaban J connectivity index is 0.000000199. The van der Waals surface area contributed by atoms with Crippen molar-refractivity contribution in [1.82, 2.24) is 19.8 Å². The number of aromatic nitrogens is 2. The minimum atomic E-state index is -1.67. The third-order valence-electron chi connectivity index (χ3n) is 11.0. The average Bonchev–Trinajstić information content (AvgIpc) is 4.13. The molecule has 4 aromatic rings. The number of aliphatic hydroxyl groups is 2. The van der Waals surface area contributed by atoms with Gasteiger partial charge in [0, 0.05) is 60.3 Å². The molecule has 2 aromatic heterocycles. The minimum absolute atomic E-state index is 0.0430. The summed E-state index contributed by atoms with van der Waals surface area (Å²) in [6.07, 6.45) is 0.0505. The number of amides is 5. The van der Waals surface area contributed by atoms with Crippen LogP contribution in [-0.4, -0.2) is 122 Å². The molecule has 350 valence electrons. The first-order valence-corrected chi connectivity index (χ1v) is 22.6. The topological polar surface area (TPSA) is 253 Å². The van der Waals surface area contributed by atoms with Crippen LogP contribution < -0.4 is 16.4 Å². The molecule has 2 aliphatic heterocycles. The van der Waals surface area contributed by atoms with Crippen LogP contribution in [0.15, 0.2) is 48.5 Å². The van der Waals surface area contributed by atoms with Crippen LogP contribution in [0.1, 0.15) is 86.5 Å². The highest BCUT2D eigenvalue weighted by atomic mass is 32.1. The molecule has 2 aliphatic carbocycles. The molecule has 4 aliphatic rings. The zero-order chi connectivity index (χ0) is 49.0. The van der Waals surface area contributed by atoms with Gasteiger partial charge in [-0.25, -0.2) is 24.4 Å². The Hall–Kier alpha value is -6.84. The zero-order valence-electron chi connectivity index (χ0n) is 38.1. The summed E-state index contributed by atoms with van der Waals surface area (Å²) in [7, 11) is 4.58. The van der Waals surface area contributed by atoms with E-state index in [0.29, 0.717) is 32.3 Å². The van der Waals surface area contributed by atoms with E-state index in [4.69, 9.17) is 19.9 Å². The average molecular weight is 952 g/mol. The number of ether oxygens (including phenoxy) is 3. The number of esters is 1. The second-order valence-electron chi connectivity index (χ2n) is 18.3. The predicted molar refractivity (Wildman–Crippen MR) is 248 cm³/mol. The molecule has 4 heterocycles. The maximum absolute atomic E-state index is 12.4. The number of benzene rings is 2. The fourth-order valence-electron chi connectivity index (χ4n) is 7.61. The molecule has 8 rings (SSSR count). The Labute approximate surface area is 394 Å². The van der Waals surface area contributed by atoms with Gasteiger partial charge in [-0.05, 0) is 78.6 Å². The normalized spacial score (nSPS) is 23.2. The molecule has 0 radical (unpaired) electrons. The van der Waals surface area contributed by atoms with Crippen LogP contribution in [0.2, 0.25) is 0 Å². The molecule has 2 aromatic carbocycles. The standard InChI is InChI=1S/C24H25N3O6S.C23H24N4O5S/c1-23(2,3)33-22(30)26-19-17(20(28)32-5)25-18(34-19)14-8-6-7-13(11-14)9-10-24(31)15-12-16(15)27(4)21(24)29;1-22(2,3)32-21(30)26-19-16(17(24)28)25-18(33-19)13-7-5-6-12(10-13)8-9-23(31)14-11-15(14)27(4)20(23)29/h6-8,11,15-16,31H,12H2,1-5H3,(H,26,30);5-7,10,14-15,31H,11H2,1-4H3,(H2,24,28)(H,26,30). The number of nitrogens with two attached hydrogens (primary N) is 1. The third-order valence-corrected chi connectivity index (χ3v) is 13.0. The monoisotopic (exact) mass is 951 g/mol. The molecule has 5 amide bonds. The van der Waals surface area contributed by atoms with E-state index in [1.807, 2.05) is 0 Å². The van der Waals surface area contributed by atoms with E-state index >= 15 is 0 Å². The van der Waals surface area contributed by atoms with E-state index in [2.05, 4.69) is 44.3 Å². The number of methoxy groups -OCH3 is 1. The van der Waals surface area contributed by atoms with Gasteiger partial charge in [0.1, 0.15) is 31.2 Å². The maximum atomic E-state index is 12.4. The van der Waals surface area contributed by atoms with Crippen molar-refractivity contribution in [3.8, 4) is 44.8 Å². The highest BCUT2D eigenvalue weighted by molar-refractivity contribution is 7.19. The second kappa shape index (κ2) is 17.8. The smallest absolute Gasteiger partial charge is 0.412 e. The summed E-state index contributed by atoms with van der Waals surface area (Å²) in [4.78, 5) is 84.9. The number of likely N-dealkylation sites (N-methyl/N-ethyl adjacent to an activating group) is 2.